The van der Waals surface area contributed by atoms with Gasteiger partial charge in [-0.15, -0.1) is 0 Å². The lowest BCUT2D eigenvalue weighted by Gasteiger charge is -2.21. The number of carbonyl (C=O) groups is 4. The first-order valence-corrected chi connectivity index (χ1v) is 33.0. The highest BCUT2D eigenvalue weighted by molar-refractivity contribution is 7.47. The lowest BCUT2D eigenvalue weighted by Crippen LogP contribution is -2.30. The molecule has 0 aliphatic carbocycles. The molecule has 19 heteroatoms. The molecule has 0 bridgehead atoms. The quantitative estimate of drug-likeness (QED) is 0.0222. The van der Waals surface area contributed by atoms with Crippen LogP contribution in [0.25, 0.3) is 0 Å². The molecule has 0 fully saturated rings. The van der Waals surface area contributed by atoms with Crippen LogP contribution in [0.5, 0.6) is 0 Å². The molecular weight excluding hydrogens is 1020 g/mol. The van der Waals surface area contributed by atoms with Crippen molar-refractivity contribution in [1.29, 1.82) is 0 Å². The zero-order valence-corrected chi connectivity index (χ0v) is 50.3. The van der Waals surface area contributed by atoms with Crippen molar-refractivity contribution in [3.63, 3.8) is 0 Å². The lowest BCUT2D eigenvalue weighted by atomic mass is 10.0. The zero-order chi connectivity index (χ0) is 56.6. The van der Waals surface area contributed by atoms with Crippen molar-refractivity contribution in [2.24, 2.45) is 11.8 Å². The molecule has 0 saturated heterocycles. The van der Waals surface area contributed by atoms with Gasteiger partial charge in [-0.1, -0.05) is 221 Å². The number of ether oxygens (including phenoxy) is 4. The van der Waals surface area contributed by atoms with Crippen LogP contribution in [-0.4, -0.2) is 96.7 Å². The predicted molar refractivity (Wildman–Crippen MR) is 298 cm³/mol. The third-order valence-corrected chi connectivity index (χ3v) is 14.9. The molecule has 0 rings (SSSR count). The summed E-state index contributed by atoms with van der Waals surface area (Å²) in [5, 5.41) is 10.5. The third-order valence-electron chi connectivity index (χ3n) is 13.0. The normalized spacial score (nSPS) is 14.5. The van der Waals surface area contributed by atoms with E-state index in [0.29, 0.717) is 31.6 Å². The fourth-order valence-corrected chi connectivity index (χ4v) is 9.87. The van der Waals surface area contributed by atoms with E-state index in [4.69, 9.17) is 37.0 Å². The molecule has 0 amide bonds. The number of phosphoric ester groups is 2. The Labute approximate surface area is 460 Å². The molecule has 0 saturated carbocycles. The molecule has 0 spiro atoms. The number of rotatable bonds is 56. The highest BCUT2D eigenvalue weighted by Crippen LogP contribution is 2.45. The third kappa shape index (κ3) is 51.5. The summed E-state index contributed by atoms with van der Waals surface area (Å²) in [5.74, 6) is -0.716. The summed E-state index contributed by atoms with van der Waals surface area (Å²) in [5.41, 5.74) is 0. The smallest absolute Gasteiger partial charge is 0.462 e. The minimum atomic E-state index is -4.94. The average Bonchev–Trinajstić information content (AvgIpc) is 3.37. The number of hydrogen-bond acceptors (Lipinski definition) is 15. The molecular formula is C57H110O17P2. The van der Waals surface area contributed by atoms with Crippen LogP contribution in [-0.2, 0) is 65.4 Å². The van der Waals surface area contributed by atoms with Gasteiger partial charge in [-0.2, -0.15) is 0 Å². The van der Waals surface area contributed by atoms with Crippen molar-refractivity contribution in [3.05, 3.63) is 0 Å². The second kappa shape index (κ2) is 50.1. The first kappa shape index (κ1) is 74.1. The first-order valence-electron chi connectivity index (χ1n) is 30.0. The molecule has 3 N–H and O–H groups in total. The molecule has 0 aromatic rings. The maximum absolute atomic E-state index is 12.9. The Morgan fingerprint density at radius 2 is 0.605 bits per heavy atom. The molecule has 0 heterocycles. The van der Waals surface area contributed by atoms with Crippen LogP contribution in [0.2, 0.25) is 0 Å². The Balaban J connectivity index is 5.19. The van der Waals surface area contributed by atoms with Crippen molar-refractivity contribution in [1.82, 2.24) is 0 Å². The summed E-state index contributed by atoms with van der Waals surface area (Å²) < 4.78 is 67.4. The number of hydrogen-bond donors (Lipinski definition) is 3. The van der Waals surface area contributed by atoms with Gasteiger partial charge in [0.25, 0.3) is 0 Å². The molecule has 2 unspecified atom stereocenters. The van der Waals surface area contributed by atoms with Crippen LogP contribution in [0.3, 0.4) is 0 Å². The van der Waals surface area contributed by atoms with E-state index in [-0.39, 0.29) is 25.7 Å². The molecule has 76 heavy (non-hydrogen) atoms. The van der Waals surface area contributed by atoms with E-state index >= 15 is 0 Å². The number of aliphatic hydroxyl groups is 1. The maximum atomic E-state index is 12.9. The summed E-state index contributed by atoms with van der Waals surface area (Å²) in [6.07, 6.45) is 29.8. The summed E-state index contributed by atoms with van der Waals surface area (Å²) in [6.45, 7) is 9.25. The van der Waals surface area contributed by atoms with E-state index < -0.39 is 97.5 Å². The Kier molecular flexibility index (Phi) is 48.8. The minimum Gasteiger partial charge on any atom is -0.462 e. The topological polar surface area (TPSA) is 237 Å². The van der Waals surface area contributed by atoms with Crippen LogP contribution in [0.1, 0.15) is 273 Å². The fraction of sp³-hybridized carbons (Fsp3) is 0.930. The van der Waals surface area contributed by atoms with Crippen LogP contribution in [0.15, 0.2) is 0 Å². The molecule has 5 atom stereocenters. The van der Waals surface area contributed by atoms with Gasteiger partial charge < -0.3 is 33.8 Å². The van der Waals surface area contributed by atoms with E-state index in [1.807, 2.05) is 0 Å². The Morgan fingerprint density at radius 3 is 0.895 bits per heavy atom. The van der Waals surface area contributed by atoms with Gasteiger partial charge in [0.2, 0.25) is 0 Å². The summed E-state index contributed by atoms with van der Waals surface area (Å²) in [7, 11) is -9.86. The summed E-state index contributed by atoms with van der Waals surface area (Å²) in [6, 6.07) is 0. The number of aliphatic hydroxyl groups excluding tert-OH is 1. The second-order valence-corrected chi connectivity index (χ2v) is 24.5. The monoisotopic (exact) mass is 1130 g/mol. The van der Waals surface area contributed by atoms with Crippen molar-refractivity contribution in [2.45, 2.75) is 291 Å². The van der Waals surface area contributed by atoms with Crippen molar-refractivity contribution < 1.29 is 80.2 Å². The van der Waals surface area contributed by atoms with E-state index in [0.717, 1.165) is 109 Å². The largest absolute Gasteiger partial charge is 0.472 e. The SMILES string of the molecule is CCCCCCCCCCCC(=O)O[C@H](COC(=O)CCCCCCC)COP(=O)(O)OC[C@H](O)COP(=O)(O)OC[C@@H](COC(=O)CCCCCCCCCC(C)C)OC(=O)CCCCCCCCCCCC(C)C. The second-order valence-electron chi connectivity index (χ2n) is 21.6. The van der Waals surface area contributed by atoms with Gasteiger partial charge in [-0.25, -0.2) is 9.13 Å². The van der Waals surface area contributed by atoms with Crippen LogP contribution >= 0.6 is 15.6 Å². The number of esters is 4. The Morgan fingerprint density at radius 1 is 0.355 bits per heavy atom. The van der Waals surface area contributed by atoms with Crippen LogP contribution in [0, 0.1) is 11.8 Å². The highest BCUT2D eigenvalue weighted by atomic mass is 31.2. The van der Waals surface area contributed by atoms with Crippen molar-refractivity contribution in [3.8, 4) is 0 Å². The van der Waals surface area contributed by atoms with Gasteiger partial charge in [0.1, 0.15) is 19.3 Å². The molecule has 0 aliphatic heterocycles. The fourth-order valence-electron chi connectivity index (χ4n) is 8.29. The van der Waals surface area contributed by atoms with Gasteiger partial charge in [0.15, 0.2) is 12.2 Å². The maximum Gasteiger partial charge on any atom is 0.472 e. The van der Waals surface area contributed by atoms with E-state index in [9.17, 15) is 43.2 Å². The standard InChI is InChI=1S/C57H110O17P2/c1-7-9-11-13-14-16-22-29-35-41-56(61)73-52(45-67-54(59)39-33-25-12-10-8-2)47-71-75(63,64)69-43-51(58)44-70-76(65,66)72-48-53(46-68-55(60)40-34-28-24-19-21-27-32-38-50(5)6)74-57(62)42-36-30-23-18-15-17-20-26-31-37-49(3)4/h49-53,58H,7-48H2,1-6H3,(H,63,64)(H,65,66)/t51-,52+,53+/m0/s1. The molecule has 450 valence electrons. The molecule has 0 radical (unpaired) electrons. The zero-order valence-electron chi connectivity index (χ0n) is 48.5. The lowest BCUT2D eigenvalue weighted by molar-refractivity contribution is -0.161. The Bertz CT molecular complexity index is 1510. The van der Waals surface area contributed by atoms with Gasteiger partial charge in [-0.3, -0.25) is 37.3 Å². The van der Waals surface area contributed by atoms with Gasteiger partial charge in [0, 0.05) is 25.7 Å². The predicted octanol–water partition coefficient (Wildman–Crippen LogP) is 14.9. The van der Waals surface area contributed by atoms with Gasteiger partial charge >= 0.3 is 39.5 Å². The van der Waals surface area contributed by atoms with Crippen LogP contribution < -0.4 is 0 Å². The van der Waals surface area contributed by atoms with Gasteiger partial charge in [0.05, 0.1) is 26.4 Å². The van der Waals surface area contributed by atoms with Crippen molar-refractivity contribution >= 4 is 39.5 Å². The molecule has 17 nitrogen and oxygen atoms in total. The van der Waals surface area contributed by atoms with E-state index in [2.05, 4.69) is 41.5 Å². The van der Waals surface area contributed by atoms with Crippen LogP contribution in [0.4, 0.5) is 0 Å². The minimum absolute atomic E-state index is 0.104. The molecule has 0 aromatic carbocycles. The van der Waals surface area contributed by atoms with Gasteiger partial charge in [-0.05, 0) is 37.5 Å². The average molecular weight is 1130 g/mol. The highest BCUT2D eigenvalue weighted by Gasteiger charge is 2.30. The van der Waals surface area contributed by atoms with Crippen molar-refractivity contribution in [2.75, 3.05) is 39.6 Å². The van der Waals surface area contributed by atoms with E-state index in [1.54, 1.807) is 0 Å². The Hall–Kier alpha value is -1.94. The van der Waals surface area contributed by atoms with E-state index in [1.165, 1.54) is 77.0 Å². The molecule has 0 aliphatic rings. The number of unbranched alkanes of at least 4 members (excludes halogenated alkanes) is 26. The first-order chi connectivity index (χ1) is 36.4. The summed E-state index contributed by atoms with van der Waals surface area (Å²) in [4.78, 5) is 71.6. The number of phosphoric acid groups is 2. The summed E-state index contributed by atoms with van der Waals surface area (Å²) >= 11 is 0. The number of carbonyl (C=O) groups excluding carboxylic acids is 4. The molecule has 0 aromatic heterocycles.